The van der Waals surface area contributed by atoms with Crippen molar-refractivity contribution in [3.8, 4) is 0 Å². The van der Waals surface area contributed by atoms with Gasteiger partial charge in [0.05, 0.1) is 0 Å². The Kier molecular flexibility index (Phi) is 8.85. The molecule has 0 N–H and O–H groups in total. The molecule has 0 aliphatic heterocycles. The van der Waals surface area contributed by atoms with E-state index in [2.05, 4.69) is 63.8 Å². The lowest BCUT2D eigenvalue weighted by molar-refractivity contribution is 0.698. The summed E-state index contributed by atoms with van der Waals surface area (Å²) < 4.78 is 0.205. The zero-order valence-corrected chi connectivity index (χ0v) is 12.4. The number of hydrogen-bond donors (Lipinski definition) is 1. The zero-order chi connectivity index (χ0) is 11.0. The molecule has 0 saturated carbocycles. The van der Waals surface area contributed by atoms with Gasteiger partial charge in [-0.2, -0.15) is 36.2 Å². The summed E-state index contributed by atoms with van der Waals surface area (Å²) in [5, 5.41) is 0.830. The summed E-state index contributed by atoms with van der Waals surface area (Å²) in [6, 6.07) is 0. The van der Waals surface area contributed by atoms with Crippen LogP contribution in [0.4, 0.5) is 0 Å². The average molecular weight is 253 g/mol. The van der Waals surface area contributed by atoms with E-state index < -0.39 is 0 Å². The molecule has 1 atom stereocenters. The molecular weight excluding hydrogens is 228 g/mol. The van der Waals surface area contributed by atoms with Gasteiger partial charge < -0.3 is 0 Å². The van der Waals surface area contributed by atoms with Crippen molar-refractivity contribution < 1.29 is 0 Å². The van der Waals surface area contributed by atoms with E-state index in [0.717, 1.165) is 5.25 Å². The fourth-order valence-corrected chi connectivity index (χ4v) is 3.47. The van der Waals surface area contributed by atoms with Crippen LogP contribution in [-0.2, 0) is 0 Å². The zero-order valence-electron chi connectivity index (χ0n) is 9.88. The number of hydrogen-bond acceptors (Lipinski definition) is 3. The third-order valence-corrected chi connectivity index (χ3v) is 4.87. The van der Waals surface area contributed by atoms with E-state index in [-0.39, 0.29) is 4.75 Å². The molecule has 14 heavy (non-hydrogen) atoms. The number of rotatable bonds is 8. The van der Waals surface area contributed by atoms with E-state index in [4.69, 9.17) is 0 Å². The maximum absolute atomic E-state index is 4.51. The van der Waals surface area contributed by atoms with Gasteiger partial charge in [0.2, 0.25) is 0 Å². The van der Waals surface area contributed by atoms with Gasteiger partial charge in [0.15, 0.2) is 0 Å². The number of thiol groups is 1. The third-order valence-electron chi connectivity index (χ3n) is 2.06. The highest BCUT2D eigenvalue weighted by Gasteiger charge is 2.10. The Balaban J connectivity index is 3.14. The van der Waals surface area contributed by atoms with Crippen molar-refractivity contribution in [2.75, 3.05) is 17.3 Å². The highest BCUT2D eigenvalue weighted by molar-refractivity contribution is 8.03. The second kappa shape index (κ2) is 8.23. The summed E-state index contributed by atoms with van der Waals surface area (Å²) in [5.74, 6) is 3.84. The van der Waals surface area contributed by atoms with Crippen molar-refractivity contribution in [2.24, 2.45) is 0 Å². The fourth-order valence-electron chi connectivity index (χ4n) is 0.850. The summed E-state index contributed by atoms with van der Waals surface area (Å²) in [6.45, 7) is 8.94. The predicted octanol–water partition coefficient (Wildman–Crippen LogP) is 4.35. The molecule has 0 aliphatic rings. The molecule has 0 aromatic carbocycles. The molecule has 86 valence electrons. The van der Waals surface area contributed by atoms with Gasteiger partial charge in [-0.1, -0.05) is 27.7 Å². The van der Waals surface area contributed by atoms with E-state index in [1.54, 1.807) is 0 Å². The monoisotopic (exact) mass is 252 g/mol. The van der Waals surface area contributed by atoms with E-state index in [1.807, 2.05) is 0 Å². The normalized spacial score (nSPS) is 14.4. The molecule has 0 spiro atoms. The minimum atomic E-state index is 0.205. The molecule has 0 aromatic heterocycles. The minimum absolute atomic E-state index is 0.205. The average Bonchev–Trinajstić information content (AvgIpc) is 2.08. The summed E-state index contributed by atoms with van der Waals surface area (Å²) in [4.78, 5) is 0. The SMILES string of the molecule is CCC(C)SCCSCCC(C)(C)S. The highest BCUT2D eigenvalue weighted by Crippen LogP contribution is 2.21. The molecule has 0 aromatic rings. The van der Waals surface area contributed by atoms with Crippen molar-refractivity contribution in [2.45, 2.75) is 50.5 Å². The Morgan fingerprint density at radius 2 is 1.86 bits per heavy atom. The van der Waals surface area contributed by atoms with Crippen molar-refractivity contribution in [3.63, 3.8) is 0 Å². The van der Waals surface area contributed by atoms with Gasteiger partial charge in [-0.3, -0.25) is 0 Å². The quantitative estimate of drug-likeness (QED) is 0.504. The fraction of sp³-hybridized carbons (Fsp3) is 1.00. The van der Waals surface area contributed by atoms with Crippen molar-refractivity contribution in [1.29, 1.82) is 0 Å². The van der Waals surface area contributed by atoms with E-state index in [1.165, 1.54) is 30.1 Å². The van der Waals surface area contributed by atoms with Crippen molar-refractivity contribution >= 4 is 36.2 Å². The topological polar surface area (TPSA) is 0 Å². The Labute approximate surface area is 104 Å². The smallest absolute Gasteiger partial charge is 0.00810 e. The van der Waals surface area contributed by atoms with Crippen molar-refractivity contribution in [3.05, 3.63) is 0 Å². The van der Waals surface area contributed by atoms with Gasteiger partial charge in [0, 0.05) is 21.5 Å². The first-order valence-electron chi connectivity index (χ1n) is 5.37. The first-order valence-corrected chi connectivity index (χ1v) is 8.02. The minimum Gasteiger partial charge on any atom is -0.173 e. The van der Waals surface area contributed by atoms with E-state index in [9.17, 15) is 0 Å². The lowest BCUT2D eigenvalue weighted by Gasteiger charge is -2.16. The van der Waals surface area contributed by atoms with E-state index in [0.29, 0.717) is 0 Å². The van der Waals surface area contributed by atoms with Gasteiger partial charge in [-0.15, -0.1) is 0 Å². The largest absolute Gasteiger partial charge is 0.173 e. The molecule has 0 saturated heterocycles. The molecule has 0 amide bonds. The molecule has 0 bridgehead atoms. The standard InChI is InChI=1S/C11H24S3/c1-5-10(2)14-9-8-13-7-6-11(3,4)12/h10,12H,5-9H2,1-4H3. The van der Waals surface area contributed by atoms with Gasteiger partial charge in [-0.05, 0) is 18.6 Å². The Bertz CT molecular complexity index is 129. The Morgan fingerprint density at radius 1 is 1.21 bits per heavy atom. The first kappa shape index (κ1) is 15.0. The predicted molar refractivity (Wildman–Crippen MR) is 77.2 cm³/mol. The molecule has 0 heterocycles. The summed E-state index contributed by atoms with van der Waals surface area (Å²) in [5.41, 5.74) is 0. The second-order valence-electron chi connectivity index (χ2n) is 4.26. The maximum Gasteiger partial charge on any atom is 0.00810 e. The molecule has 0 aliphatic carbocycles. The summed E-state index contributed by atoms with van der Waals surface area (Å²) in [6.07, 6.45) is 2.49. The molecule has 0 nitrogen and oxygen atoms in total. The first-order chi connectivity index (χ1) is 6.45. The molecule has 0 rings (SSSR count). The van der Waals surface area contributed by atoms with Gasteiger partial charge in [-0.25, -0.2) is 0 Å². The van der Waals surface area contributed by atoms with Crippen LogP contribution in [0.1, 0.15) is 40.5 Å². The molecular formula is C11H24S3. The summed E-state index contributed by atoms with van der Waals surface area (Å²) in [7, 11) is 0. The number of thioether (sulfide) groups is 2. The van der Waals surface area contributed by atoms with Crippen LogP contribution in [0.25, 0.3) is 0 Å². The van der Waals surface area contributed by atoms with Crippen LogP contribution >= 0.6 is 36.2 Å². The van der Waals surface area contributed by atoms with Crippen LogP contribution in [0.15, 0.2) is 0 Å². The lowest BCUT2D eigenvalue weighted by atomic mass is 10.1. The third kappa shape index (κ3) is 11.1. The van der Waals surface area contributed by atoms with Crippen LogP contribution in [0.2, 0.25) is 0 Å². The van der Waals surface area contributed by atoms with Crippen molar-refractivity contribution in [1.82, 2.24) is 0 Å². The lowest BCUT2D eigenvalue weighted by Crippen LogP contribution is -2.11. The van der Waals surface area contributed by atoms with E-state index >= 15 is 0 Å². The summed E-state index contributed by atoms with van der Waals surface area (Å²) >= 11 is 8.67. The molecule has 1 unspecified atom stereocenters. The van der Waals surface area contributed by atoms with Crippen LogP contribution < -0.4 is 0 Å². The molecule has 3 heteroatoms. The second-order valence-corrected chi connectivity index (χ2v) is 8.25. The van der Waals surface area contributed by atoms with Gasteiger partial charge in [0.25, 0.3) is 0 Å². The Morgan fingerprint density at radius 3 is 2.36 bits per heavy atom. The van der Waals surface area contributed by atoms with Crippen LogP contribution in [0.5, 0.6) is 0 Å². The van der Waals surface area contributed by atoms with Gasteiger partial charge in [0.1, 0.15) is 0 Å². The molecule has 0 fully saturated rings. The van der Waals surface area contributed by atoms with Crippen LogP contribution in [0.3, 0.4) is 0 Å². The van der Waals surface area contributed by atoms with Crippen LogP contribution in [0, 0.1) is 0 Å². The van der Waals surface area contributed by atoms with Crippen LogP contribution in [-0.4, -0.2) is 27.3 Å². The highest BCUT2D eigenvalue weighted by atomic mass is 32.2. The molecule has 0 radical (unpaired) electrons. The maximum atomic E-state index is 4.51. The van der Waals surface area contributed by atoms with Gasteiger partial charge >= 0.3 is 0 Å². The Hall–Kier alpha value is 1.05.